The summed E-state index contributed by atoms with van der Waals surface area (Å²) in [4.78, 5) is 23.7. The predicted molar refractivity (Wildman–Crippen MR) is 76.5 cm³/mol. The monoisotopic (exact) mass is 277 g/mol. The van der Waals surface area contributed by atoms with Crippen LogP contribution in [-0.2, 0) is 4.79 Å². The summed E-state index contributed by atoms with van der Waals surface area (Å²) in [6.07, 6.45) is 6.57. The summed E-state index contributed by atoms with van der Waals surface area (Å²) < 4.78 is 1.88. The average molecular weight is 277 g/mol. The van der Waals surface area contributed by atoms with E-state index in [1.54, 1.807) is 6.07 Å². The molecule has 20 heavy (non-hydrogen) atoms. The van der Waals surface area contributed by atoms with E-state index in [4.69, 9.17) is 0 Å². The molecule has 1 aromatic rings. The number of hydrogen-bond acceptors (Lipinski definition) is 3. The number of amides is 1. The van der Waals surface area contributed by atoms with Crippen molar-refractivity contribution >= 4 is 11.7 Å². The third kappa shape index (κ3) is 3.46. The van der Waals surface area contributed by atoms with Gasteiger partial charge in [-0.15, -0.1) is 0 Å². The first-order valence-electron chi connectivity index (χ1n) is 7.24. The summed E-state index contributed by atoms with van der Waals surface area (Å²) in [5.41, 5.74) is -0.0464. The molecule has 0 aliphatic heterocycles. The molecule has 1 aliphatic rings. The van der Waals surface area contributed by atoms with E-state index >= 15 is 0 Å². The van der Waals surface area contributed by atoms with Crippen molar-refractivity contribution in [2.24, 2.45) is 5.41 Å². The van der Waals surface area contributed by atoms with E-state index in [-0.39, 0.29) is 18.2 Å². The van der Waals surface area contributed by atoms with Crippen LogP contribution in [0, 0.1) is 5.41 Å². The molecule has 1 saturated carbocycles. The predicted octanol–water partition coefficient (Wildman–Crippen LogP) is 2.34. The molecule has 1 fully saturated rings. The minimum Gasteiger partial charge on any atom is -0.344 e. The van der Waals surface area contributed by atoms with Crippen LogP contribution in [0.2, 0.25) is 0 Å². The molecule has 5 nitrogen and oxygen atoms in total. The van der Waals surface area contributed by atoms with Crippen molar-refractivity contribution in [2.45, 2.75) is 52.5 Å². The standard InChI is InChI=1S/C15H23N3O2/c1-15(2,3)13(19)10-16-14(20)12-8-9-18(17-12)11-6-4-5-7-11/h8-9,11H,4-7,10H2,1-3H3,(H,16,20). The first kappa shape index (κ1) is 14.8. The summed E-state index contributed by atoms with van der Waals surface area (Å²) in [6.45, 7) is 5.58. The molecule has 2 rings (SSSR count). The van der Waals surface area contributed by atoms with Crippen molar-refractivity contribution in [1.82, 2.24) is 15.1 Å². The second kappa shape index (κ2) is 5.77. The molecule has 1 aliphatic carbocycles. The summed E-state index contributed by atoms with van der Waals surface area (Å²) in [5.74, 6) is -0.263. The van der Waals surface area contributed by atoms with Gasteiger partial charge in [0.1, 0.15) is 5.69 Å². The van der Waals surface area contributed by atoms with Crippen LogP contribution in [0.4, 0.5) is 0 Å². The van der Waals surface area contributed by atoms with Gasteiger partial charge in [-0.25, -0.2) is 0 Å². The molecule has 1 heterocycles. The van der Waals surface area contributed by atoms with Crippen molar-refractivity contribution in [2.75, 3.05) is 6.54 Å². The van der Waals surface area contributed by atoms with Gasteiger partial charge in [-0.1, -0.05) is 33.6 Å². The van der Waals surface area contributed by atoms with Crippen LogP contribution in [0.1, 0.15) is 63.0 Å². The molecule has 110 valence electrons. The Morgan fingerprint density at radius 3 is 2.60 bits per heavy atom. The molecule has 1 N–H and O–H groups in total. The van der Waals surface area contributed by atoms with Crippen LogP contribution in [0.25, 0.3) is 0 Å². The van der Waals surface area contributed by atoms with Gasteiger partial charge in [-0.2, -0.15) is 5.10 Å². The number of Topliss-reactive ketones (excluding diaryl/α,β-unsaturated/α-hetero) is 1. The van der Waals surface area contributed by atoms with Crippen molar-refractivity contribution in [3.8, 4) is 0 Å². The number of nitrogens with zero attached hydrogens (tertiary/aromatic N) is 2. The molecule has 1 aromatic heterocycles. The number of carbonyl (C=O) groups is 2. The Morgan fingerprint density at radius 2 is 2.00 bits per heavy atom. The van der Waals surface area contributed by atoms with Gasteiger partial charge in [-0.05, 0) is 18.9 Å². The molecule has 0 atom stereocenters. The first-order chi connectivity index (χ1) is 9.38. The van der Waals surface area contributed by atoms with Gasteiger partial charge >= 0.3 is 0 Å². The molecule has 1 amide bonds. The topological polar surface area (TPSA) is 64.0 Å². The van der Waals surface area contributed by atoms with E-state index in [9.17, 15) is 9.59 Å². The van der Waals surface area contributed by atoms with Crippen molar-refractivity contribution in [1.29, 1.82) is 0 Å². The summed E-state index contributed by atoms with van der Waals surface area (Å²) in [7, 11) is 0. The number of nitrogens with one attached hydrogen (secondary N) is 1. The highest BCUT2D eigenvalue weighted by Gasteiger charge is 2.23. The second-order valence-electron chi connectivity index (χ2n) is 6.48. The maximum absolute atomic E-state index is 12.0. The number of ketones is 1. The highest BCUT2D eigenvalue weighted by Crippen LogP contribution is 2.28. The summed E-state index contributed by atoms with van der Waals surface area (Å²) in [5, 5.41) is 6.97. The smallest absolute Gasteiger partial charge is 0.272 e. The number of aromatic nitrogens is 2. The first-order valence-corrected chi connectivity index (χ1v) is 7.24. The van der Waals surface area contributed by atoms with Gasteiger partial charge in [0.25, 0.3) is 5.91 Å². The lowest BCUT2D eigenvalue weighted by molar-refractivity contribution is -0.125. The summed E-state index contributed by atoms with van der Waals surface area (Å²) in [6, 6.07) is 2.14. The molecule has 0 saturated heterocycles. The van der Waals surface area contributed by atoms with Crippen LogP contribution >= 0.6 is 0 Å². The normalized spacial score (nSPS) is 16.4. The maximum Gasteiger partial charge on any atom is 0.272 e. The molecule has 0 bridgehead atoms. The number of hydrogen-bond donors (Lipinski definition) is 1. The lowest BCUT2D eigenvalue weighted by atomic mass is 9.91. The van der Waals surface area contributed by atoms with Crippen LogP contribution in [0.3, 0.4) is 0 Å². The molecule has 0 aromatic carbocycles. The van der Waals surface area contributed by atoms with Gasteiger partial charge in [0.15, 0.2) is 5.78 Å². The van der Waals surface area contributed by atoms with Crippen LogP contribution in [0.5, 0.6) is 0 Å². The average Bonchev–Trinajstić information content (AvgIpc) is 3.03. The lowest BCUT2D eigenvalue weighted by Gasteiger charge is -2.16. The zero-order valence-electron chi connectivity index (χ0n) is 12.5. The Balaban J connectivity index is 1.91. The molecular weight excluding hydrogens is 254 g/mol. The quantitative estimate of drug-likeness (QED) is 0.918. The molecule has 0 radical (unpaired) electrons. The van der Waals surface area contributed by atoms with Gasteiger partial charge < -0.3 is 5.32 Å². The Hall–Kier alpha value is -1.65. The zero-order chi connectivity index (χ0) is 14.8. The van der Waals surface area contributed by atoms with E-state index in [0.717, 1.165) is 12.8 Å². The third-order valence-corrected chi connectivity index (χ3v) is 3.79. The zero-order valence-corrected chi connectivity index (χ0v) is 12.5. The van der Waals surface area contributed by atoms with Gasteiger partial charge in [-0.3, -0.25) is 14.3 Å². The number of carbonyl (C=O) groups excluding carboxylic acids is 2. The van der Waals surface area contributed by atoms with Gasteiger partial charge in [0.2, 0.25) is 0 Å². The van der Waals surface area contributed by atoms with E-state index in [0.29, 0.717) is 11.7 Å². The second-order valence-corrected chi connectivity index (χ2v) is 6.48. The summed E-state index contributed by atoms with van der Waals surface area (Å²) >= 11 is 0. The van der Waals surface area contributed by atoms with E-state index in [1.807, 2.05) is 31.6 Å². The van der Waals surface area contributed by atoms with Crippen molar-refractivity contribution < 1.29 is 9.59 Å². The van der Waals surface area contributed by atoms with Crippen LogP contribution < -0.4 is 5.32 Å². The van der Waals surface area contributed by atoms with Crippen molar-refractivity contribution in [3.05, 3.63) is 18.0 Å². The Bertz CT molecular complexity index is 493. The van der Waals surface area contributed by atoms with Crippen LogP contribution in [-0.4, -0.2) is 28.0 Å². The number of rotatable bonds is 4. The molecule has 0 spiro atoms. The molecular formula is C15H23N3O2. The third-order valence-electron chi connectivity index (χ3n) is 3.79. The van der Waals surface area contributed by atoms with Crippen LogP contribution in [0.15, 0.2) is 12.3 Å². The largest absolute Gasteiger partial charge is 0.344 e. The minimum atomic E-state index is -0.434. The fraction of sp³-hybridized carbons (Fsp3) is 0.667. The molecule has 5 heteroatoms. The Morgan fingerprint density at radius 1 is 1.35 bits per heavy atom. The Labute approximate surface area is 119 Å². The maximum atomic E-state index is 12.0. The SMILES string of the molecule is CC(C)(C)C(=O)CNC(=O)c1ccn(C2CCCC2)n1. The Kier molecular flexibility index (Phi) is 4.26. The highest BCUT2D eigenvalue weighted by molar-refractivity contribution is 5.96. The minimum absolute atomic E-state index is 0.0149. The van der Waals surface area contributed by atoms with E-state index in [1.165, 1.54) is 12.8 Å². The van der Waals surface area contributed by atoms with Gasteiger partial charge in [0.05, 0.1) is 12.6 Å². The van der Waals surface area contributed by atoms with Gasteiger partial charge in [0, 0.05) is 11.6 Å². The van der Waals surface area contributed by atoms with E-state index in [2.05, 4.69) is 10.4 Å². The molecule has 0 unspecified atom stereocenters. The fourth-order valence-electron chi connectivity index (χ4n) is 2.35. The lowest BCUT2D eigenvalue weighted by Crippen LogP contribution is -2.35. The highest BCUT2D eigenvalue weighted by atomic mass is 16.2. The van der Waals surface area contributed by atoms with E-state index < -0.39 is 5.41 Å². The van der Waals surface area contributed by atoms with Crippen molar-refractivity contribution in [3.63, 3.8) is 0 Å². The fourth-order valence-corrected chi connectivity index (χ4v) is 2.35.